The molecule has 0 saturated carbocycles. The van der Waals surface area contributed by atoms with Crippen LogP contribution < -0.4 is 0 Å². The zero-order valence-electron chi connectivity index (χ0n) is 11.2. The summed E-state index contributed by atoms with van der Waals surface area (Å²) in [4.78, 5) is 2.50. The quantitative estimate of drug-likeness (QED) is 0.653. The summed E-state index contributed by atoms with van der Waals surface area (Å²) >= 11 is 0. The monoisotopic (exact) mass is 229 g/mol. The molecule has 1 aliphatic rings. The van der Waals surface area contributed by atoms with Crippen molar-refractivity contribution in [1.29, 1.82) is 0 Å². The van der Waals surface area contributed by atoms with E-state index >= 15 is 0 Å². The van der Waals surface area contributed by atoms with Crippen molar-refractivity contribution in [3.8, 4) is 0 Å². The van der Waals surface area contributed by atoms with Crippen molar-refractivity contribution in [3.63, 3.8) is 0 Å². The van der Waals surface area contributed by atoms with Gasteiger partial charge in [0, 0.05) is 32.3 Å². The fourth-order valence-corrected chi connectivity index (χ4v) is 2.35. The van der Waals surface area contributed by atoms with Crippen LogP contribution in [0.2, 0.25) is 0 Å². The van der Waals surface area contributed by atoms with Gasteiger partial charge >= 0.3 is 0 Å². The summed E-state index contributed by atoms with van der Waals surface area (Å²) in [6, 6.07) is 0.666. The third-order valence-corrected chi connectivity index (χ3v) is 3.34. The van der Waals surface area contributed by atoms with E-state index in [9.17, 15) is 0 Å². The van der Waals surface area contributed by atoms with Crippen LogP contribution >= 0.6 is 0 Å². The van der Waals surface area contributed by atoms with Gasteiger partial charge in [0.25, 0.3) is 0 Å². The minimum atomic E-state index is -0.0530. The first kappa shape index (κ1) is 13.9. The summed E-state index contributed by atoms with van der Waals surface area (Å²) in [6.07, 6.45) is 2.60. The minimum Gasteiger partial charge on any atom is -0.352 e. The van der Waals surface area contributed by atoms with Crippen LogP contribution in [0.3, 0.4) is 0 Å². The second-order valence-corrected chi connectivity index (χ2v) is 4.83. The number of likely N-dealkylation sites (tertiary alicyclic amines) is 1. The van der Waals surface area contributed by atoms with Gasteiger partial charge in [-0.05, 0) is 39.5 Å². The van der Waals surface area contributed by atoms with Crippen molar-refractivity contribution < 1.29 is 9.47 Å². The molecule has 16 heavy (non-hydrogen) atoms. The number of piperidine rings is 1. The second kappa shape index (κ2) is 7.25. The Morgan fingerprint density at radius 3 is 2.31 bits per heavy atom. The molecule has 0 amide bonds. The first-order valence-corrected chi connectivity index (χ1v) is 6.64. The van der Waals surface area contributed by atoms with Gasteiger partial charge in [0.15, 0.2) is 6.29 Å². The Hall–Kier alpha value is -0.120. The van der Waals surface area contributed by atoms with E-state index in [1.807, 2.05) is 13.8 Å². The fourth-order valence-electron chi connectivity index (χ4n) is 2.35. The highest BCUT2D eigenvalue weighted by Crippen LogP contribution is 2.21. The number of nitrogens with zero attached hydrogens (tertiary/aromatic N) is 1. The summed E-state index contributed by atoms with van der Waals surface area (Å²) < 4.78 is 11.2. The molecule has 1 saturated heterocycles. The topological polar surface area (TPSA) is 21.7 Å². The highest BCUT2D eigenvalue weighted by atomic mass is 16.7. The third-order valence-electron chi connectivity index (χ3n) is 3.34. The van der Waals surface area contributed by atoms with Crippen molar-refractivity contribution >= 4 is 0 Å². The summed E-state index contributed by atoms with van der Waals surface area (Å²) in [5.74, 6) is 0.806. The molecule has 0 spiro atoms. The normalized spacial score (nSPS) is 27.6. The Morgan fingerprint density at radius 1 is 1.12 bits per heavy atom. The van der Waals surface area contributed by atoms with Crippen molar-refractivity contribution in [1.82, 2.24) is 4.90 Å². The molecule has 2 unspecified atom stereocenters. The Balaban J connectivity index is 2.41. The lowest BCUT2D eigenvalue weighted by molar-refractivity contribution is -0.153. The molecule has 0 radical (unpaired) electrons. The molecular formula is C13H27NO2. The average Bonchev–Trinajstić information content (AvgIpc) is 2.24. The van der Waals surface area contributed by atoms with Gasteiger partial charge in [0.2, 0.25) is 0 Å². The maximum atomic E-state index is 5.60. The molecule has 2 atom stereocenters. The van der Waals surface area contributed by atoms with Crippen LogP contribution in [0.1, 0.15) is 40.5 Å². The lowest BCUT2D eigenvalue weighted by Crippen LogP contribution is -2.46. The predicted molar refractivity (Wildman–Crippen MR) is 66.5 cm³/mol. The van der Waals surface area contributed by atoms with E-state index in [-0.39, 0.29) is 6.29 Å². The fraction of sp³-hybridized carbons (Fsp3) is 1.00. The maximum Gasteiger partial charge on any atom is 0.170 e. The maximum absolute atomic E-state index is 5.60. The first-order chi connectivity index (χ1) is 7.67. The van der Waals surface area contributed by atoms with E-state index in [1.165, 1.54) is 19.4 Å². The Bertz CT molecular complexity index is 181. The highest BCUT2D eigenvalue weighted by molar-refractivity contribution is 4.77. The van der Waals surface area contributed by atoms with Gasteiger partial charge in [-0.1, -0.05) is 6.92 Å². The van der Waals surface area contributed by atoms with Crippen LogP contribution in [0.25, 0.3) is 0 Å². The van der Waals surface area contributed by atoms with Crippen LogP contribution in [0, 0.1) is 5.92 Å². The molecule has 0 bridgehead atoms. The van der Waals surface area contributed by atoms with Gasteiger partial charge in [-0.2, -0.15) is 0 Å². The first-order valence-electron chi connectivity index (χ1n) is 6.64. The molecule has 0 N–H and O–H groups in total. The molecule has 1 heterocycles. The molecule has 1 fully saturated rings. The zero-order chi connectivity index (χ0) is 12.0. The molecule has 0 aromatic carbocycles. The van der Waals surface area contributed by atoms with E-state index in [0.29, 0.717) is 6.04 Å². The van der Waals surface area contributed by atoms with Gasteiger partial charge < -0.3 is 9.47 Å². The van der Waals surface area contributed by atoms with Gasteiger partial charge in [-0.15, -0.1) is 0 Å². The summed E-state index contributed by atoms with van der Waals surface area (Å²) in [5, 5.41) is 0. The Kier molecular flexibility index (Phi) is 6.32. The third kappa shape index (κ3) is 4.40. The molecule has 3 heteroatoms. The van der Waals surface area contributed by atoms with Crippen LogP contribution in [0.4, 0.5) is 0 Å². The molecule has 0 aromatic heterocycles. The molecular weight excluding hydrogens is 202 g/mol. The highest BCUT2D eigenvalue weighted by Gasteiger charge is 2.25. The van der Waals surface area contributed by atoms with Crippen molar-refractivity contribution in [2.75, 3.05) is 26.3 Å². The van der Waals surface area contributed by atoms with Gasteiger partial charge in [0.05, 0.1) is 0 Å². The molecule has 96 valence electrons. The van der Waals surface area contributed by atoms with Crippen LogP contribution in [-0.2, 0) is 9.47 Å². The number of ether oxygens (including phenoxy) is 2. The van der Waals surface area contributed by atoms with Crippen molar-refractivity contribution in [2.45, 2.75) is 52.9 Å². The molecule has 0 aliphatic carbocycles. The van der Waals surface area contributed by atoms with E-state index in [1.54, 1.807) is 0 Å². The summed E-state index contributed by atoms with van der Waals surface area (Å²) in [5.41, 5.74) is 0. The molecule has 0 aromatic rings. The largest absolute Gasteiger partial charge is 0.352 e. The van der Waals surface area contributed by atoms with E-state index in [4.69, 9.17) is 9.47 Å². The van der Waals surface area contributed by atoms with Crippen LogP contribution in [0.15, 0.2) is 0 Å². The standard InChI is InChI=1S/C13H27NO2/c1-5-15-13(16-6-2)10-14-9-11(3)7-8-12(14)4/h11-13H,5-10H2,1-4H3. The summed E-state index contributed by atoms with van der Waals surface area (Å²) in [7, 11) is 0. The SMILES string of the molecule is CCOC(CN1CC(C)CCC1C)OCC. The predicted octanol–water partition coefficient (Wildman–Crippen LogP) is 2.51. The number of hydrogen-bond donors (Lipinski definition) is 0. The molecule has 3 nitrogen and oxygen atoms in total. The van der Waals surface area contributed by atoms with Crippen LogP contribution in [0.5, 0.6) is 0 Å². The van der Waals surface area contributed by atoms with E-state index < -0.39 is 0 Å². The van der Waals surface area contributed by atoms with Gasteiger partial charge in [-0.3, -0.25) is 4.90 Å². The zero-order valence-corrected chi connectivity index (χ0v) is 11.2. The average molecular weight is 229 g/mol. The Morgan fingerprint density at radius 2 is 1.75 bits per heavy atom. The number of hydrogen-bond acceptors (Lipinski definition) is 3. The summed E-state index contributed by atoms with van der Waals surface area (Å²) in [6.45, 7) is 12.2. The minimum absolute atomic E-state index is 0.0530. The Labute approximate surface area is 100 Å². The smallest absolute Gasteiger partial charge is 0.170 e. The molecule has 1 rings (SSSR count). The second-order valence-electron chi connectivity index (χ2n) is 4.83. The van der Waals surface area contributed by atoms with Crippen LogP contribution in [-0.4, -0.2) is 43.5 Å². The van der Waals surface area contributed by atoms with Crippen molar-refractivity contribution in [3.05, 3.63) is 0 Å². The van der Waals surface area contributed by atoms with E-state index in [0.717, 1.165) is 25.7 Å². The van der Waals surface area contributed by atoms with Crippen molar-refractivity contribution in [2.24, 2.45) is 5.92 Å². The number of rotatable bonds is 6. The molecule has 1 aliphatic heterocycles. The van der Waals surface area contributed by atoms with Gasteiger partial charge in [0.1, 0.15) is 0 Å². The lowest BCUT2D eigenvalue weighted by Gasteiger charge is -2.38. The lowest BCUT2D eigenvalue weighted by atomic mass is 9.95. The van der Waals surface area contributed by atoms with Gasteiger partial charge in [-0.25, -0.2) is 0 Å². The van der Waals surface area contributed by atoms with E-state index in [2.05, 4.69) is 18.7 Å².